The standard InChI is InChI=1S/C15H15F2NO3/c16-15(17)6-11-7-18(8-12(11)13(15)19)14(20)21-9-10-4-2-1-3-5-10/h1-5,11-12H,6-9H2. The lowest BCUT2D eigenvalue weighted by Crippen LogP contribution is -2.34. The van der Waals surface area contributed by atoms with Crippen LogP contribution < -0.4 is 0 Å². The van der Waals surface area contributed by atoms with Gasteiger partial charge in [-0.1, -0.05) is 30.3 Å². The fourth-order valence-corrected chi connectivity index (χ4v) is 3.04. The van der Waals surface area contributed by atoms with Crippen LogP contribution in [-0.2, 0) is 16.1 Å². The van der Waals surface area contributed by atoms with E-state index in [1.54, 1.807) is 0 Å². The van der Waals surface area contributed by atoms with Gasteiger partial charge in [-0.3, -0.25) is 4.79 Å². The smallest absolute Gasteiger partial charge is 0.410 e. The van der Waals surface area contributed by atoms with E-state index in [4.69, 9.17) is 4.74 Å². The van der Waals surface area contributed by atoms with Crippen LogP contribution in [0.1, 0.15) is 12.0 Å². The number of carbonyl (C=O) groups is 2. The predicted molar refractivity (Wildman–Crippen MR) is 69.8 cm³/mol. The monoisotopic (exact) mass is 295 g/mol. The van der Waals surface area contributed by atoms with Gasteiger partial charge < -0.3 is 9.64 Å². The molecule has 1 saturated heterocycles. The summed E-state index contributed by atoms with van der Waals surface area (Å²) in [5.41, 5.74) is 0.854. The van der Waals surface area contributed by atoms with Gasteiger partial charge in [0.05, 0.1) is 0 Å². The highest BCUT2D eigenvalue weighted by molar-refractivity contribution is 5.91. The molecule has 2 fully saturated rings. The largest absolute Gasteiger partial charge is 0.445 e. The zero-order chi connectivity index (χ0) is 15.0. The van der Waals surface area contributed by atoms with Gasteiger partial charge in [-0.05, 0) is 11.5 Å². The Bertz CT molecular complexity index is 561. The molecular weight excluding hydrogens is 280 g/mol. The van der Waals surface area contributed by atoms with Crippen molar-refractivity contribution in [2.24, 2.45) is 11.8 Å². The lowest BCUT2D eigenvalue weighted by Gasteiger charge is -2.18. The highest BCUT2D eigenvalue weighted by atomic mass is 19.3. The highest BCUT2D eigenvalue weighted by Gasteiger charge is 2.58. The van der Waals surface area contributed by atoms with Crippen LogP contribution in [0.5, 0.6) is 0 Å². The number of benzene rings is 1. The summed E-state index contributed by atoms with van der Waals surface area (Å²) >= 11 is 0. The van der Waals surface area contributed by atoms with Crippen molar-refractivity contribution in [2.75, 3.05) is 13.1 Å². The van der Waals surface area contributed by atoms with Crippen LogP contribution in [0.2, 0.25) is 0 Å². The third-order valence-corrected chi connectivity index (χ3v) is 4.12. The second-order valence-electron chi connectivity index (χ2n) is 5.58. The Morgan fingerprint density at radius 3 is 2.67 bits per heavy atom. The van der Waals surface area contributed by atoms with Crippen LogP contribution in [-0.4, -0.2) is 35.8 Å². The van der Waals surface area contributed by atoms with Crippen molar-refractivity contribution >= 4 is 11.9 Å². The minimum atomic E-state index is -3.23. The fraction of sp³-hybridized carbons (Fsp3) is 0.467. The first-order valence-corrected chi connectivity index (χ1v) is 6.85. The Labute approximate surface area is 120 Å². The van der Waals surface area contributed by atoms with Crippen molar-refractivity contribution in [1.82, 2.24) is 4.90 Å². The summed E-state index contributed by atoms with van der Waals surface area (Å²) in [4.78, 5) is 24.8. The summed E-state index contributed by atoms with van der Waals surface area (Å²) in [6.45, 7) is 0.335. The highest BCUT2D eigenvalue weighted by Crippen LogP contribution is 2.44. The van der Waals surface area contributed by atoms with Crippen molar-refractivity contribution in [3.05, 3.63) is 35.9 Å². The average molecular weight is 295 g/mol. The molecule has 2 atom stereocenters. The molecule has 1 aromatic carbocycles. The second-order valence-corrected chi connectivity index (χ2v) is 5.58. The molecule has 0 spiro atoms. The van der Waals surface area contributed by atoms with Crippen LogP contribution in [0.15, 0.2) is 30.3 Å². The van der Waals surface area contributed by atoms with Gasteiger partial charge in [-0.25, -0.2) is 4.79 Å². The average Bonchev–Trinajstić information content (AvgIpc) is 2.96. The summed E-state index contributed by atoms with van der Waals surface area (Å²) in [5, 5.41) is 0. The van der Waals surface area contributed by atoms with Gasteiger partial charge in [0.2, 0.25) is 5.78 Å². The zero-order valence-corrected chi connectivity index (χ0v) is 11.3. The van der Waals surface area contributed by atoms with Crippen molar-refractivity contribution in [3.8, 4) is 0 Å². The summed E-state index contributed by atoms with van der Waals surface area (Å²) in [5.74, 6) is -5.46. The number of carbonyl (C=O) groups excluding carboxylic acids is 2. The molecule has 1 amide bonds. The van der Waals surface area contributed by atoms with Crippen molar-refractivity contribution < 1.29 is 23.1 Å². The number of rotatable bonds is 2. The Morgan fingerprint density at radius 1 is 1.29 bits per heavy atom. The van der Waals surface area contributed by atoms with Crippen molar-refractivity contribution in [3.63, 3.8) is 0 Å². The first-order valence-electron chi connectivity index (χ1n) is 6.85. The molecule has 6 heteroatoms. The number of Topliss-reactive ketones (excluding diaryl/α,β-unsaturated/α-hetero) is 1. The maximum atomic E-state index is 13.3. The predicted octanol–water partition coefficient (Wildman–Crippen LogP) is 2.48. The SMILES string of the molecule is O=C(OCc1ccccc1)N1CC2CC(F)(F)C(=O)C2C1. The molecule has 3 rings (SSSR count). The van der Waals surface area contributed by atoms with Gasteiger partial charge in [0.1, 0.15) is 6.61 Å². The Kier molecular flexibility index (Phi) is 3.39. The van der Waals surface area contributed by atoms with Crippen molar-refractivity contribution in [1.29, 1.82) is 0 Å². The van der Waals surface area contributed by atoms with Gasteiger partial charge in [0.25, 0.3) is 0 Å². The number of likely N-dealkylation sites (tertiary alicyclic amines) is 1. The third kappa shape index (κ3) is 2.62. The molecule has 0 bridgehead atoms. The zero-order valence-electron chi connectivity index (χ0n) is 11.3. The normalized spacial score (nSPS) is 26.8. The maximum Gasteiger partial charge on any atom is 0.410 e. The number of amides is 1. The van der Waals surface area contributed by atoms with E-state index < -0.39 is 36.1 Å². The molecule has 1 aliphatic heterocycles. The maximum absolute atomic E-state index is 13.3. The van der Waals surface area contributed by atoms with E-state index in [1.807, 2.05) is 30.3 Å². The Morgan fingerprint density at radius 2 is 2.00 bits per heavy atom. The summed E-state index contributed by atoms with van der Waals surface area (Å²) in [7, 11) is 0. The quantitative estimate of drug-likeness (QED) is 0.842. The van der Waals surface area contributed by atoms with E-state index in [-0.39, 0.29) is 19.7 Å². The first kappa shape index (κ1) is 14.0. The van der Waals surface area contributed by atoms with E-state index in [0.29, 0.717) is 0 Å². The van der Waals surface area contributed by atoms with Gasteiger partial charge >= 0.3 is 12.0 Å². The van der Waals surface area contributed by atoms with Crippen molar-refractivity contribution in [2.45, 2.75) is 19.0 Å². The minimum absolute atomic E-state index is 0.0344. The molecular formula is C15H15F2NO3. The molecule has 2 aliphatic rings. The van der Waals surface area contributed by atoms with Crippen LogP contribution in [0.3, 0.4) is 0 Å². The lowest BCUT2D eigenvalue weighted by atomic mass is 10.0. The van der Waals surface area contributed by atoms with E-state index in [2.05, 4.69) is 0 Å². The van der Waals surface area contributed by atoms with Gasteiger partial charge in [0, 0.05) is 25.4 Å². The summed E-state index contributed by atoms with van der Waals surface area (Å²) in [6.07, 6.45) is -1.01. The Balaban J connectivity index is 1.56. The molecule has 2 unspecified atom stereocenters. The molecule has 1 heterocycles. The number of hydrogen-bond donors (Lipinski definition) is 0. The van der Waals surface area contributed by atoms with Crippen LogP contribution in [0.25, 0.3) is 0 Å². The third-order valence-electron chi connectivity index (χ3n) is 4.12. The van der Waals surface area contributed by atoms with E-state index >= 15 is 0 Å². The first-order chi connectivity index (χ1) is 9.97. The fourth-order valence-electron chi connectivity index (χ4n) is 3.04. The molecule has 1 aliphatic carbocycles. The number of hydrogen-bond acceptors (Lipinski definition) is 3. The summed E-state index contributed by atoms with van der Waals surface area (Å²) < 4.78 is 31.7. The van der Waals surface area contributed by atoms with Crippen LogP contribution >= 0.6 is 0 Å². The van der Waals surface area contributed by atoms with Crippen LogP contribution in [0.4, 0.5) is 13.6 Å². The lowest BCUT2D eigenvalue weighted by molar-refractivity contribution is -0.141. The number of halogens is 2. The minimum Gasteiger partial charge on any atom is -0.445 e. The molecule has 4 nitrogen and oxygen atoms in total. The number of alkyl halides is 2. The molecule has 21 heavy (non-hydrogen) atoms. The Hall–Kier alpha value is -1.98. The number of ketones is 1. The van der Waals surface area contributed by atoms with E-state index in [9.17, 15) is 18.4 Å². The molecule has 0 radical (unpaired) electrons. The van der Waals surface area contributed by atoms with Crippen LogP contribution in [0, 0.1) is 11.8 Å². The number of nitrogens with zero attached hydrogens (tertiary/aromatic N) is 1. The molecule has 0 N–H and O–H groups in total. The van der Waals surface area contributed by atoms with Gasteiger partial charge in [0.15, 0.2) is 0 Å². The van der Waals surface area contributed by atoms with Gasteiger partial charge in [-0.2, -0.15) is 8.78 Å². The van der Waals surface area contributed by atoms with E-state index in [1.165, 1.54) is 4.90 Å². The second kappa shape index (κ2) is 5.09. The molecule has 112 valence electrons. The summed E-state index contributed by atoms with van der Waals surface area (Å²) in [6, 6.07) is 9.19. The van der Waals surface area contributed by atoms with Gasteiger partial charge in [-0.15, -0.1) is 0 Å². The van der Waals surface area contributed by atoms with E-state index in [0.717, 1.165) is 5.56 Å². The molecule has 1 saturated carbocycles. The number of fused-ring (bicyclic) bond motifs is 1. The molecule has 0 aromatic heterocycles. The topological polar surface area (TPSA) is 46.6 Å². The molecule has 1 aromatic rings. The number of ether oxygens (including phenoxy) is 1.